The molecule has 0 saturated carbocycles. The summed E-state index contributed by atoms with van der Waals surface area (Å²) in [4.78, 5) is 0. The normalized spacial score (nSPS) is 13.1. The molecule has 3 heteroatoms. The van der Waals surface area contributed by atoms with Gasteiger partial charge in [-0.25, -0.2) is 0 Å². The van der Waals surface area contributed by atoms with Crippen molar-refractivity contribution in [1.29, 1.82) is 0 Å². The van der Waals surface area contributed by atoms with Gasteiger partial charge in [-0.1, -0.05) is 193 Å². The molecule has 5 aromatic carbocycles. The molecule has 1 heterocycles. The fourth-order valence-electron chi connectivity index (χ4n) is 8.77. The molecule has 268 valence electrons. The number of rotatable bonds is 17. The Bertz CT molecular complexity index is 2070. The van der Waals surface area contributed by atoms with Gasteiger partial charge < -0.3 is 0 Å². The molecule has 1 aliphatic carbocycles. The Kier molecular flexibility index (Phi) is 11.7. The Morgan fingerprint density at radius 1 is 0.423 bits per heavy atom. The Labute approximate surface area is 317 Å². The van der Waals surface area contributed by atoms with Gasteiger partial charge in [-0.3, -0.25) is 0 Å². The molecule has 1 aliphatic rings. The monoisotopic (exact) mass is 704 g/mol. The summed E-state index contributed by atoms with van der Waals surface area (Å²) in [5.74, 6) is 0. The largest absolute Gasteiger partial charge is 0.172 e. The number of hydrogen-bond acceptors (Lipinski definition) is 3. The van der Waals surface area contributed by atoms with Crippen molar-refractivity contribution in [1.82, 2.24) is 8.75 Å². The topological polar surface area (TPSA) is 25.8 Å². The van der Waals surface area contributed by atoms with Crippen molar-refractivity contribution in [2.24, 2.45) is 0 Å². The van der Waals surface area contributed by atoms with Crippen molar-refractivity contribution >= 4 is 22.8 Å². The summed E-state index contributed by atoms with van der Waals surface area (Å²) in [6.45, 7) is 9.04. The van der Waals surface area contributed by atoms with E-state index in [1.54, 1.807) is 11.1 Å². The van der Waals surface area contributed by atoms with E-state index in [9.17, 15) is 0 Å². The second-order valence-electron chi connectivity index (χ2n) is 15.5. The van der Waals surface area contributed by atoms with E-state index in [4.69, 9.17) is 8.75 Å². The average Bonchev–Trinajstić information content (AvgIpc) is 3.76. The minimum atomic E-state index is 0.0879. The van der Waals surface area contributed by atoms with Crippen LogP contribution in [0.2, 0.25) is 0 Å². The van der Waals surface area contributed by atoms with Crippen LogP contribution >= 0.6 is 11.7 Å². The lowest BCUT2D eigenvalue weighted by molar-refractivity contribution is 0.398. The highest BCUT2D eigenvalue weighted by Crippen LogP contribution is 2.55. The molecular formula is C49H56N2S. The number of unbranched alkanes of at least 4 members (excludes halogenated alkanes) is 10. The van der Waals surface area contributed by atoms with E-state index in [0.717, 1.165) is 22.2 Å². The van der Waals surface area contributed by atoms with E-state index in [1.165, 1.54) is 146 Å². The first kappa shape index (κ1) is 36.3. The zero-order chi connectivity index (χ0) is 35.9. The van der Waals surface area contributed by atoms with Gasteiger partial charge in [0.2, 0.25) is 0 Å². The predicted molar refractivity (Wildman–Crippen MR) is 225 cm³/mol. The second kappa shape index (κ2) is 16.7. The lowest BCUT2D eigenvalue weighted by Crippen LogP contribution is -2.25. The third kappa shape index (κ3) is 7.53. The van der Waals surface area contributed by atoms with Crippen molar-refractivity contribution in [2.45, 2.75) is 123 Å². The molecular weight excluding hydrogens is 649 g/mol. The van der Waals surface area contributed by atoms with Crippen LogP contribution in [0.1, 0.15) is 126 Å². The van der Waals surface area contributed by atoms with Gasteiger partial charge in [-0.2, -0.15) is 8.75 Å². The number of nitrogens with zero attached hydrogens (tertiary/aromatic N) is 2. The van der Waals surface area contributed by atoms with Crippen LogP contribution in [-0.4, -0.2) is 8.75 Å². The fourth-order valence-corrected chi connectivity index (χ4v) is 9.35. The zero-order valence-electron chi connectivity index (χ0n) is 31.9. The molecule has 0 fully saturated rings. The van der Waals surface area contributed by atoms with Gasteiger partial charge in [0, 0.05) is 16.5 Å². The first-order valence-corrected chi connectivity index (χ1v) is 20.9. The minimum Gasteiger partial charge on any atom is -0.172 e. The smallest absolute Gasteiger partial charge is 0.113 e. The molecule has 7 rings (SSSR count). The van der Waals surface area contributed by atoms with Gasteiger partial charge in [0.05, 0.1) is 11.7 Å². The van der Waals surface area contributed by atoms with Crippen LogP contribution in [0.3, 0.4) is 0 Å². The quantitative estimate of drug-likeness (QED) is 0.0883. The number of fused-ring (bicyclic) bond motifs is 4. The maximum absolute atomic E-state index is 4.78. The van der Waals surface area contributed by atoms with Crippen molar-refractivity contribution < 1.29 is 0 Å². The highest BCUT2D eigenvalue weighted by molar-refractivity contribution is 7.00. The molecule has 1 aromatic heterocycles. The minimum absolute atomic E-state index is 0.0879. The van der Waals surface area contributed by atoms with E-state index in [-0.39, 0.29) is 5.41 Å². The third-order valence-electron chi connectivity index (χ3n) is 11.7. The first-order valence-electron chi connectivity index (χ1n) is 20.2. The number of aryl methyl sites for hydroxylation is 2. The number of aromatic nitrogens is 2. The van der Waals surface area contributed by atoms with Crippen molar-refractivity contribution in [3.05, 3.63) is 119 Å². The van der Waals surface area contributed by atoms with Crippen molar-refractivity contribution in [3.8, 4) is 44.5 Å². The standard InChI is InChI=1S/C49H56N2S/c1-5-7-9-11-13-15-31-49(32-16-14-12-10-8-6-2)45-33-36(4)19-27-43(45)44-28-26-40(34-46(44)49)37-22-24-39(25-23-37)42-30-29-41(47-48(42)51-52-50-47)38-20-17-35(3)18-21-38/h17-30,33-34H,5-16,31-32H2,1-4H3. The average molecular weight is 705 g/mol. The Balaban J connectivity index is 1.21. The third-order valence-corrected chi connectivity index (χ3v) is 12.3. The summed E-state index contributed by atoms with van der Waals surface area (Å²) in [6, 6.07) is 37.0. The molecule has 6 aromatic rings. The molecule has 0 radical (unpaired) electrons. The van der Waals surface area contributed by atoms with Crippen LogP contribution in [0.5, 0.6) is 0 Å². The van der Waals surface area contributed by atoms with Gasteiger partial charge in [-0.05, 0) is 77.3 Å². The fraction of sp³-hybridized carbons (Fsp3) is 0.388. The Morgan fingerprint density at radius 2 is 0.846 bits per heavy atom. The Morgan fingerprint density at radius 3 is 1.42 bits per heavy atom. The van der Waals surface area contributed by atoms with Crippen molar-refractivity contribution in [2.75, 3.05) is 0 Å². The van der Waals surface area contributed by atoms with Gasteiger partial charge >= 0.3 is 0 Å². The summed E-state index contributed by atoms with van der Waals surface area (Å²) in [6.07, 6.45) is 18.6. The molecule has 2 nitrogen and oxygen atoms in total. The van der Waals surface area contributed by atoms with Crippen LogP contribution in [0, 0.1) is 13.8 Å². The summed E-state index contributed by atoms with van der Waals surface area (Å²) >= 11 is 1.30. The molecule has 0 atom stereocenters. The summed E-state index contributed by atoms with van der Waals surface area (Å²) < 4.78 is 9.53. The Hall–Kier alpha value is -4.08. The van der Waals surface area contributed by atoms with Gasteiger partial charge in [0.15, 0.2) is 0 Å². The SMILES string of the molecule is CCCCCCCCC1(CCCCCCCC)c2cc(C)ccc2-c2ccc(-c3ccc(-c4ccc(-c5ccc(C)cc5)c5nsnc45)cc3)cc21. The van der Waals surface area contributed by atoms with Crippen LogP contribution in [0.25, 0.3) is 55.5 Å². The molecule has 0 saturated heterocycles. The predicted octanol–water partition coefficient (Wildman–Crippen LogP) is 15.1. The molecule has 0 N–H and O–H groups in total. The van der Waals surface area contributed by atoms with Crippen LogP contribution in [0.4, 0.5) is 0 Å². The maximum atomic E-state index is 4.78. The van der Waals surface area contributed by atoms with Gasteiger partial charge in [-0.15, -0.1) is 0 Å². The molecule has 52 heavy (non-hydrogen) atoms. The maximum Gasteiger partial charge on any atom is 0.113 e. The van der Waals surface area contributed by atoms with E-state index >= 15 is 0 Å². The van der Waals surface area contributed by atoms with E-state index in [0.29, 0.717) is 0 Å². The van der Waals surface area contributed by atoms with E-state index in [1.807, 2.05) is 0 Å². The van der Waals surface area contributed by atoms with Gasteiger partial charge in [0.25, 0.3) is 0 Å². The lowest BCUT2D eigenvalue weighted by Gasteiger charge is -2.33. The second-order valence-corrected chi connectivity index (χ2v) is 16.0. The molecule has 0 bridgehead atoms. The van der Waals surface area contributed by atoms with E-state index in [2.05, 4.69) is 125 Å². The molecule has 0 spiro atoms. The molecule has 0 unspecified atom stereocenters. The highest BCUT2D eigenvalue weighted by atomic mass is 32.1. The number of benzene rings is 5. The summed E-state index contributed by atoms with van der Waals surface area (Å²) in [5.41, 5.74) is 18.0. The zero-order valence-corrected chi connectivity index (χ0v) is 32.8. The van der Waals surface area contributed by atoms with Gasteiger partial charge in [0.1, 0.15) is 11.0 Å². The van der Waals surface area contributed by atoms with Crippen LogP contribution in [0.15, 0.2) is 97.1 Å². The number of hydrogen-bond donors (Lipinski definition) is 0. The highest BCUT2D eigenvalue weighted by Gasteiger charge is 2.42. The first-order chi connectivity index (χ1) is 25.5. The molecule has 0 aliphatic heterocycles. The molecule has 0 amide bonds. The summed E-state index contributed by atoms with van der Waals surface area (Å²) in [7, 11) is 0. The van der Waals surface area contributed by atoms with Crippen LogP contribution < -0.4 is 0 Å². The lowest BCUT2D eigenvalue weighted by atomic mass is 9.70. The van der Waals surface area contributed by atoms with Crippen LogP contribution in [-0.2, 0) is 5.41 Å². The van der Waals surface area contributed by atoms with E-state index < -0.39 is 0 Å². The summed E-state index contributed by atoms with van der Waals surface area (Å²) in [5, 5.41) is 0. The van der Waals surface area contributed by atoms with Crippen molar-refractivity contribution in [3.63, 3.8) is 0 Å².